The summed E-state index contributed by atoms with van der Waals surface area (Å²) >= 11 is 0. The first-order chi connectivity index (χ1) is 13.4. The number of para-hydroxylation sites is 1. The molecule has 0 radical (unpaired) electrons. The van der Waals surface area contributed by atoms with Gasteiger partial charge >= 0.3 is 0 Å². The quantitative estimate of drug-likeness (QED) is 0.720. The van der Waals surface area contributed by atoms with E-state index in [1.54, 1.807) is 11.9 Å². The molecule has 3 rings (SSSR count). The first-order valence-corrected chi connectivity index (χ1v) is 9.37. The summed E-state index contributed by atoms with van der Waals surface area (Å²) in [5.41, 5.74) is 1.79. The standard InChI is InChI=1S/C22H25N3O3/c1-16(26)23-12-13-24-20(27)15-22(14-17-8-4-3-5-9-17)18-10-6-7-11-19(18)25(2)21(22)28/h3-11H,12-15H2,1-2H3,(H,23,26)(H,24,27)/t22-/m1/s1. The Balaban J connectivity index is 1.87. The SMILES string of the molecule is CC(=O)NCCNC(=O)C[C@@]1(Cc2ccccc2)C(=O)N(C)c2ccccc21. The summed E-state index contributed by atoms with van der Waals surface area (Å²) in [7, 11) is 1.75. The van der Waals surface area contributed by atoms with Gasteiger partial charge in [0.1, 0.15) is 0 Å². The van der Waals surface area contributed by atoms with Gasteiger partial charge in [0.15, 0.2) is 0 Å². The number of amides is 3. The number of nitrogens with one attached hydrogen (secondary N) is 2. The third-order valence-electron chi connectivity index (χ3n) is 5.13. The van der Waals surface area contributed by atoms with Crippen molar-refractivity contribution in [3.05, 3.63) is 65.7 Å². The van der Waals surface area contributed by atoms with Crippen LogP contribution in [0.15, 0.2) is 54.6 Å². The van der Waals surface area contributed by atoms with Gasteiger partial charge in [-0.05, 0) is 23.6 Å². The number of carbonyl (C=O) groups is 3. The summed E-state index contributed by atoms with van der Waals surface area (Å²) in [5, 5.41) is 5.46. The molecule has 1 aliphatic rings. The van der Waals surface area contributed by atoms with Crippen LogP contribution in [0, 0.1) is 0 Å². The van der Waals surface area contributed by atoms with E-state index in [4.69, 9.17) is 0 Å². The lowest BCUT2D eigenvalue weighted by molar-refractivity contribution is -0.129. The van der Waals surface area contributed by atoms with Crippen molar-refractivity contribution in [3.63, 3.8) is 0 Å². The Labute approximate surface area is 164 Å². The second-order valence-corrected chi connectivity index (χ2v) is 7.14. The van der Waals surface area contributed by atoms with E-state index in [1.807, 2.05) is 54.6 Å². The average molecular weight is 379 g/mol. The monoisotopic (exact) mass is 379 g/mol. The smallest absolute Gasteiger partial charge is 0.238 e. The van der Waals surface area contributed by atoms with Gasteiger partial charge in [-0.15, -0.1) is 0 Å². The van der Waals surface area contributed by atoms with Crippen molar-refractivity contribution in [1.29, 1.82) is 0 Å². The fourth-order valence-electron chi connectivity index (χ4n) is 3.84. The van der Waals surface area contributed by atoms with Gasteiger partial charge in [0.05, 0.1) is 5.41 Å². The minimum Gasteiger partial charge on any atom is -0.355 e. The second-order valence-electron chi connectivity index (χ2n) is 7.14. The Morgan fingerprint density at radius 1 is 0.964 bits per heavy atom. The predicted octanol–water partition coefficient (Wildman–Crippen LogP) is 1.79. The number of carbonyl (C=O) groups excluding carboxylic acids is 3. The van der Waals surface area contributed by atoms with E-state index in [0.717, 1.165) is 16.8 Å². The van der Waals surface area contributed by atoms with Crippen LogP contribution in [0.25, 0.3) is 0 Å². The maximum Gasteiger partial charge on any atom is 0.238 e. The zero-order chi connectivity index (χ0) is 20.1. The molecule has 0 aliphatic carbocycles. The molecule has 2 N–H and O–H groups in total. The molecule has 0 aromatic heterocycles. The highest BCUT2D eigenvalue weighted by Gasteiger charge is 2.50. The van der Waals surface area contributed by atoms with E-state index in [1.165, 1.54) is 6.92 Å². The Morgan fingerprint density at radius 3 is 2.32 bits per heavy atom. The van der Waals surface area contributed by atoms with Gasteiger partial charge < -0.3 is 15.5 Å². The summed E-state index contributed by atoms with van der Waals surface area (Å²) in [4.78, 5) is 38.6. The molecule has 1 heterocycles. The molecular formula is C22H25N3O3. The molecule has 6 nitrogen and oxygen atoms in total. The van der Waals surface area contributed by atoms with Gasteiger partial charge in [-0.3, -0.25) is 14.4 Å². The van der Waals surface area contributed by atoms with Crippen molar-refractivity contribution in [2.75, 3.05) is 25.0 Å². The van der Waals surface area contributed by atoms with Crippen LogP contribution in [0.4, 0.5) is 5.69 Å². The van der Waals surface area contributed by atoms with Crippen LogP contribution in [0.3, 0.4) is 0 Å². The predicted molar refractivity (Wildman–Crippen MR) is 108 cm³/mol. The fraction of sp³-hybridized carbons (Fsp3) is 0.318. The molecule has 2 aromatic rings. The fourth-order valence-corrected chi connectivity index (χ4v) is 3.84. The van der Waals surface area contributed by atoms with Crippen molar-refractivity contribution in [3.8, 4) is 0 Å². The Hall–Kier alpha value is -3.15. The van der Waals surface area contributed by atoms with E-state index >= 15 is 0 Å². The number of rotatable bonds is 7. The van der Waals surface area contributed by atoms with E-state index in [0.29, 0.717) is 19.5 Å². The summed E-state index contributed by atoms with van der Waals surface area (Å²) in [6.45, 7) is 2.11. The highest BCUT2D eigenvalue weighted by Crippen LogP contribution is 2.45. The number of benzene rings is 2. The highest BCUT2D eigenvalue weighted by atomic mass is 16.2. The normalized spacial score (nSPS) is 17.9. The zero-order valence-corrected chi connectivity index (χ0v) is 16.2. The summed E-state index contributed by atoms with van der Waals surface area (Å²) in [6, 6.07) is 17.4. The molecule has 0 unspecified atom stereocenters. The van der Waals surface area contributed by atoms with Gasteiger partial charge in [0, 0.05) is 39.2 Å². The van der Waals surface area contributed by atoms with E-state index in [9.17, 15) is 14.4 Å². The van der Waals surface area contributed by atoms with Gasteiger partial charge in [-0.1, -0.05) is 48.5 Å². The summed E-state index contributed by atoms with van der Waals surface area (Å²) in [6.07, 6.45) is 0.509. The maximum absolute atomic E-state index is 13.3. The topological polar surface area (TPSA) is 78.5 Å². The van der Waals surface area contributed by atoms with E-state index < -0.39 is 5.41 Å². The molecule has 0 saturated carbocycles. The van der Waals surface area contributed by atoms with Crippen LogP contribution < -0.4 is 15.5 Å². The number of fused-ring (bicyclic) bond motifs is 1. The Kier molecular flexibility index (Phi) is 5.78. The van der Waals surface area contributed by atoms with Gasteiger partial charge in [0.2, 0.25) is 17.7 Å². The molecule has 0 bridgehead atoms. The van der Waals surface area contributed by atoms with Crippen molar-refractivity contribution >= 4 is 23.4 Å². The number of anilines is 1. The molecule has 0 spiro atoms. The van der Waals surface area contributed by atoms with Gasteiger partial charge in [-0.2, -0.15) is 0 Å². The molecule has 1 aliphatic heterocycles. The van der Waals surface area contributed by atoms with Crippen molar-refractivity contribution < 1.29 is 14.4 Å². The van der Waals surface area contributed by atoms with Crippen LogP contribution in [0.2, 0.25) is 0 Å². The minimum atomic E-state index is -0.940. The largest absolute Gasteiger partial charge is 0.355 e. The van der Waals surface area contributed by atoms with Crippen LogP contribution in [-0.4, -0.2) is 37.9 Å². The highest BCUT2D eigenvalue weighted by molar-refractivity contribution is 6.09. The van der Waals surface area contributed by atoms with Crippen LogP contribution in [-0.2, 0) is 26.2 Å². The lowest BCUT2D eigenvalue weighted by Gasteiger charge is -2.28. The molecule has 6 heteroatoms. The third kappa shape index (κ3) is 3.91. The van der Waals surface area contributed by atoms with E-state index in [2.05, 4.69) is 10.6 Å². The van der Waals surface area contributed by atoms with Gasteiger partial charge in [-0.25, -0.2) is 0 Å². The summed E-state index contributed by atoms with van der Waals surface area (Å²) < 4.78 is 0. The van der Waals surface area contributed by atoms with Crippen molar-refractivity contribution in [2.45, 2.75) is 25.2 Å². The van der Waals surface area contributed by atoms with Crippen molar-refractivity contribution in [2.24, 2.45) is 0 Å². The van der Waals surface area contributed by atoms with E-state index in [-0.39, 0.29) is 24.1 Å². The number of hydrogen-bond donors (Lipinski definition) is 2. The number of hydrogen-bond acceptors (Lipinski definition) is 3. The lowest BCUT2D eigenvalue weighted by Crippen LogP contribution is -2.45. The molecule has 3 amide bonds. The third-order valence-corrected chi connectivity index (χ3v) is 5.13. The molecule has 0 saturated heterocycles. The van der Waals surface area contributed by atoms with Crippen molar-refractivity contribution in [1.82, 2.24) is 10.6 Å². The average Bonchev–Trinajstić information content (AvgIpc) is 2.88. The summed E-state index contributed by atoms with van der Waals surface area (Å²) in [5.74, 6) is -0.425. The van der Waals surface area contributed by atoms with Crippen LogP contribution in [0.5, 0.6) is 0 Å². The molecular weight excluding hydrogens is 354 g/mol. The number of likely N-dealkylation sites (N-methyl/N-ethyl adjacent to an activating group) is 1. The molecule has 1 atom stereocenters. The molecule has 2 aromatic carbocycles. The van der Waals surface area contributed by atoms with Crippen LogP contribution >= 0.6 is 0 Å². The second kappa shape index (κ2) is 8.25. The maximum atomic E-state index is 13.3. The lowest BCUT2D eigenvalue weighted by atomic mass is 9.73. The zero-order valence-electron chi connectivity index (χ0n) is 16.2. The first kappa shape index (κ1) is 19.6. The Morgan fingerprint density at radius 2 is 1.61 bits per heavy atom. The van der Waals surface area contributed by atoms with Crippen LogP contribution in [0.1, 0.15) is 24.5 Å². The minimum absolute atomic E-state index is 0.0577. The number of nitrogens with zero attached hydrogens (tertiary/aromatic N) is 1. The van der Waals surface area contributed by atoms with Gasteiger partial charge in [0.25, 0.3) is 0 Å². The first-order valence-electron chi connectivity index (χ1n) is 9.37. The Bertz CT molecular complexity index is 882. The molecule has 146 valence electrons. The molecule has 0 fully saturated rings. The molecule has 28 heavy (non-hydrogen) atoms.